The van der Waals surface area contributed by atoms with E-state index in [2.05, 4.69) is 10.6 Å². The Morgan fingerprint density at radius 1 is 1.00 bits per heavy atom. The van der Waals surface area contributed by atoms with E-state index in [9.17, 15) is 0 Å². The number of hydrogen-bond acceptors (Lipinski definition) is 1. The summed E-state index contributed by atoms with van der Waals surface area (Å²) < 4.78 is 0. The molecule has 2 heteroatoms. The average Bonchev–Trinajstić information content (AvgIpc) is 2.48. The van der Waals surface area contributed by atoms with Crippen molar-refractivity contribution < 1.29 is 0 Å². The zero-order valence-electron chi connectivity index (χ0n) is 7.76. The van der Waals surface area contributed by atoms with E-state index in [0.29, 0.717) is 0 Å². The summed E-state index contributed by atoms with van der Waals surface area (Å²) in [6.45, 7) is 1.98. The molecular weight excluding hydrogens is 148 g/mol. The minimum atomic E-state index is 0.725. The van der Waals surface area contributed by atoms with Gasteiger partial charge in [0.1, 0.15) is 0 Å². The summed E-state index contributed by atoms with van der Waals surface area (Å²) in [5.74, 6) is 0.929. The molecule has 1 aliphatic carbocycles. The van der Waals surface area contributed by atoms with Crippen molar-refractivity contribution in [3.8, 4) is 0 Å². The van der Waals surface area contributed by atoms with Crippen molar-refractivity contribution >= 4 is 0 Å². The SMILES string of the molecule is C1CCCC(C2C[N]CN2)CC1. The molecule has 1 atom stereocenters. The van der Waals surface area contributed by atoms with Crippen LogP contribution in [-0.4, -0.2) is 19.3 Å². The quantitative estimate of drug-likeness (QED) is 0.588. The molecule has 2 rings (SSSR count). The lowest BCUT2D eigenvalue weighted by Crippen LogP contribution is -2.32. The second kappa shape index (κ2) is 4.24. The van der Waals surface area contributed by atoms with Crippen LogP contribution in [0.3, 0.4) is 0 Å². The third-order valence-corrected chi connectivity index (χ3v) is 3.26. The molecule has 0 spiro atoms. The predicted octanol–water partition coefficient (Wildman–Crippen LogP) is 1.49. The lowest BCUT2D eigenvalue weighted by Gasteiger charge is -2.20. The van der Waals surface area contributed by atoms with Crippen LogP contribution in [0.15, 0.2) is 0 Å². The molecule has 1 heterocycles. The maximum atomic E-state index is 4.36. The third-order valence-electron chi connectivity index (χ3n) is 3.26. The second-order valence-electron chi connectivity index (χ2n) is 4.13. The van der Waals surface area contributed by atoms with E-state index in [1.807, 2.05) is 0 Å². The first-order chi connectivity index (χ1) is 5.97. The molecule has 0 bridgehead atoms. The van der Waals surface area contributed by atoms with Crippen molar-refractivity contribution in [1.29, 1.82) is 0 Å². The van der Waals surface area contributed by atoms with Gasteiger partial charge >= 0.3 is 0 Å². The Labute approximate surface area is 75.1 Å². The highest BCUT2D eigenvalue weighted by atomic mass is 15.2. The van der Waals surface area contributed by atoms with E-state index in [4.69, 9.17) is 0 Å². The van der Waals surface area contributed by atoms with Crippen LogP contribution >= 0.6 is 0 Å². The molecule has 1 aliphatic heterocycles. The highest BCUT2D eigenvalue weighted by Gasteiger charge is 2.25. The molecule has 2 fully saturated rings. The van der Waals surface area contributed by atoms with E-state index >= 15 is 0 Å². The van der Waals surface area contributed by atoms with Gasteiger partial charge in [0.25, 0.3) is 0 Å². The van der Waals surface area contributed by atoms with Crippen LogP contribution in [0.2, 0.25) is 0 Å². The van der Waals surface area contributed by atoms with Crippen molar-refractivity contribution in [3.63, 3.8) is 0 Å². The molecule has 0 aromatic rings. The molecule has 2 aliphatic rings. The van der Waals surface area contributed by atoms with Gasteiger partial charge in [0, 0.05) is 12.6 Å². The van der Waals surface area contributed by atoms with Crippen LogP contribution in [0.4, 0.5) is 0 Å². The van der Waals surface area contributed by atoms with Gasteiger partial charge in [-0.25, -0.2) is 5.32 Å². The highest BCUT2D eigenvalue weighted by Crippen LogP contribution is 2.26. The number of rotatable bonds is 1. The fourth-order valence-corrected chi connectivity index (χ4v) is 2.48. The van der Waals surface area contributed by atoms with E-state index in [0.717, 1.165) is 25.2 Å². The Kier molecular flexibility index (Phi) is 3.01. The maximum Gasteiger partial charge on any atom is 0.0627 e. The van der Waals surface area contributed by atoms with Gasteiger partial charge in [-0.3, -0.25) is 5.32 Å². The Morgan fingerprint density at radius 2 is 1.75 bits per heavy atom. The van der Waals surface area contributed by atoms with Crippen LogP contribution in [0, 0.1) is 5.92 Å². The Hall–Kier alpha value is -0.0800. The Bertz CT molecular complexity index is 122. The summed E-state index contributed by atoms with van der Waals surface area (Å²) in [7, 11) is 0. The van der Waals surface area contributed by atoms with E-state index in [1.54, 1.807) is 0 Å². The topological polar surface area (TPSA) is 26.1 Å². The van der Waals surface area contributed by atoms with Crippen LogP contribution in [0.5, 0.6) is 0 Å². The molecule has 1 N–H and O–H groups in total. The summed E-state index contributed by atoms with van der Waals surface area (Å²) in [6, 6.07) is 0.725. The standard InChI is InChI=1S/C10H19N2/c1-2-4-6-9(5-3-1)10-7-11-8-12-10/h9-10,12H,1-8H2. The molecular formula is C10H19N2. The first-order valence-corrected chi connectivity index (χ1v) is 5.33. The van der Waals surface area contributed by atoms with Gasteiger partial charge in [-0.05, 0) is 18.8 Å². The summed E-state index contributed by atoms with van der Waals surface area (Å²) in [5, 5.41) is 7.85. The van der Waals surface area contributed by atoms with Crippen molar-refractivity contribution in [2.75, 3.05) is 13.2 Å². The number of hydrogen-bond donors (Lipinski definition) is 1. The second-order valence-corrected chi connectivity index (χ2v) is 4.13. The Morgan fingerprint density at radius 3 is 2.33 bits per heavy atom. The van der Waals surface area contributed by atoms with Crippen LogP contribution in [-0.2, 0) is 0 Å². The first kappa shape index (κ1) is 8.52. The summed E-state index contributed by atoms with van der Waals surface area (Å²) in [4.78, 5) is 0. The smallest absolute Gasteiger partial charge is 0.0627 e. The molecule has 2 nitrogen and oxygen atoms in total. The van der Waals surface area contributed by atoms with Gasteiger partial charge in [0.2, 0.25) is 0 Å². The molecule has 1 saturated heterocycles. The molecule has 69 valence electrons. The normalized spacial score (nSPS) is 33.5. The van der Waals surface area contributed by atoms with E-state index < -0.39 is 0 Å². The van der Waals surface area contributed by atoms with Gasteiger partial charge in [-0.2, -0.15) is 0 Å². The van der Waals surface area contributed by atoms with E-state index in [-0.39, 0.29) is 0 Å². The number of nitrogens with one attached hydrogen (secondary N) is 1. The van der Waals surface area contributed by atoms with Crippen LogP contribution in [0.25, 0.3) is 0 Å². The lowest BCUT2D eigenvalue weighted by molar-refractivity contribution is 0.361. The largest absolute Gasteiger partial charge is 0.299 e. The van der Waals surface area contributed by atoms with Gasteiger partial charge in [0.05, 0.1) is 6.67 Å². The lowest BCUT2D eigenvalue weighted by atomic mass is 9.92. The summed E-state index contributed by atoms with van der Waals surface area (Å²) in [5.41, 5.74) is 0. The highest BCUT2D eigenvalue weighted by molar-refractivity contribution is 4.83. The minimum Gasteiger partial charge on any atom is -0.299 e. The van der Waals surface area contributed by atoms with Crippen molar-refractivity contribution in [3.05, 3.63) is 0 Å². The molecule has 1 radical (unpaired) electrons. The summed E-state index contributed by atoms with van der Waals surface area (Å²) in [6.07, 6.45) is 8.69. The van der Waals surface area contributed by atoms with E-state index in [1.165, 1.54) is 38.5 Å². The fourth-order valence-electron chi connectivity index (χ4n) is 2.48. The van der Waals surface area contributed by atoms with Gasteiger partial charge in [-0.1, -0.05) is 25.7 Å². The predicted molar refractivity (Wildman–Crippen MR) is 50.0 cm³/mol. The van der Waals surface area contributed by atoms with Crippen molar-refractivity contribution in [2.24, 2.45) is 5.92 Å². The zero-order chi connectivity index (χ0) is 8.23. The Balaban J connectivity index is 1.83. The molecule has 1 saturated carbocycles. The monoisotopic (exact) mass is 167 g/mol. The van der Waals surface area contributed by atoms with Crippen molar-refractivity contribution in [2.45, 2.75) is 44.6 Å². The van der Waals surface area contributed by atoms with Crippen LogP contribution < -0.4 is 10.6 Å². The van der Waals surface area contributed by atoms with Crippen LogP contribution in [0.1, 0.15) is 38.5 Å². The molecule has 0 aromatic carbocycles. The first-order valence-electron chi connectivity index (χ1n) is 5.33. The summed E-state index contributed by atoms with van der Waals surface area (Å²) >= 11 is 0. The molecule has 0 aromatic heterocycles. The molecule has 1 unspecified atom stereocenters. The molecule has 12 heavy (non-hydrogen) atoms. The number of nitrogens with zero attached hydrogens (tertiary/aromatic N) is 1. The zero-order valence-corrected chi connectivity index (χ0v) is 7.76. The average molecular weight is 167 g/mol. The fraction of sp³-hybridized carbons (Fsp3) is 1.00. The van der Waals surface area contributed by atoms with Crippen molar-refractivity contribution in [1.82, 2.24) is 10.6 Å². The third kappa shape index (κ3) is 1.99. The minimum absolute atomic E-state index is 0.725. The van der Waals surface area contributed by atoms with Gasteiger partial charge in [0.15, 0.2) is 0 Å². The molecule has 0 amide bonds. The maximum absolute atomic E-state index is 4.36. The van der Waals surface area contributed by atoms with Gasteiger partial charge < -0.3 is 0 Å². The van der Waals surface area contributed by atoms with Gasteiger partial charge in [-0.15, -0.1) is 0 Å².